The zero-order chi connectivity index (χ0) is 23.3. The van der Waals surface area contributed by atoms with Crippen LogP contribution < -0.4 is 10.1 Å². The van der Waals surface area contributed by atoms with Crippen LogP contribution in [0.2, 0.25) is 0 Å². The van der Waals surface area contributed by atoms with Crippen LogP contribution in [0.1, 0.15) is 35.9 Å². The van der Waals surface area contributed by atoms with E-state index in [0.29, 0.717) is 28.9 Å². The summed E-state index contributed by atoms with van der Waals surface area (Å²) < 4.78 is 12.9. The Morgan fingerprint density at radius 2 is 1.88 bits per heavy atom. The van der Waals surface area contributed by atoms with Gasteiger partial charge in [-0.1, -0.05) is 47.3 Å². The first-order valence-corrected chi connectivity index (χ1v) is 12.2. The molecule has 1 amide bonds. The molecule has 0 spiro atoms. The minimum atomic E-state index is -0.239. The molecule has 1 aliphatic carbocycles. The molecule has 0 bridgehead atoms. The van der Waals surface area contributed by atoms with Crippen LogP contribution in [0.3, 0.4) is 0 Å². The van der Waals surface area contributed by atoms with Crippen LogP contribution in [0.25, 0.3) is 5.69 Å². The highest BCUT2D eigenvalue weighted by molar-refractivity contribution is 7.98. The van der Waals surface area contributed by atoms with Gasteiger partial charge >= 0.3 is 0 Å². The van der Waals surface area contributed by atoms with Crippen LogP contribution in [0.4, 0.5) is 5.69 Å². The van der Waals surface area contributed by atoms with Crippen molar-refractivity contribution in [2.75, 3.05) is 12.4 Å². The number of aromatic nitrogens is 4. The Balaban J connectivity index is 1.26. The van der Waals surface area contributed by atoms with Crippen molar-refractivity contribution in [2.45, 2.75) is 43.0 Å². The number of carbonyl (C=O) groups is 1. The summed E-state index contributed by atoms with van der Waals surface area (Å²) in [5, 5.41) is 7.73. The molecule has 5 rings (SSSR count). The average molecular weight is 476 g/mol. The van der Waals surface area contributed by atoms with Gasteiger partial charge in [0.2, 0.25) is 11.8 Å². The molecule has 0 saturated carbocycles. The molecule has 0 atom stereocenters. The topological polar surface area (TPSA) is 95.1 Å². The van der Waals surface area contributed by atoms with Crippen molar-refractivity contribution in [3.8, 4) is 11.4 Å². The van der Waals surface area contributed by atoms with Crippen LogP contribution in [0.5, 0.6) is 5.75 Å². The van der Waals surface area contributed by atoms with Gasteiger partial charge in [-0.3, -0.25) is 9.36 Å². The van der Waals surface area contributed by atoms with E-state index >= 15 is 0 Å². The van der Waals surface area contributed by atoms with E-state index in [-0.39, 0.29) is 12.3 Å². The molecule has 1 aliphatic rings. The minimum absolute atomic E-state index is 0.0130. The number of thioether (sulfide) groups is 1. The van der Waals surface area contributed by atoms with Crippen molar-refractivity contribution < 1.29 is 14.1 Å². The summed E-state index contributed by atoms with van der Waals surface area (Å²) in [5.74, 6) is 1.64. The second-order valence-corrected chi connectivity index (χ2v) is 8.93. The number of nitrogens with one attached hydrogen (secondary N) is 1. The number of carbonyl (C=O) groups excluding carboxylic acids is 1. The van der Waals surface area contributed by atoms with Crippen molar-refractivity contribution in [1.29, 1.82) is 0 Å². The summed E-state index contributed by atoms with van der Waals surface area (Å²) >= 11 is 1.57. The fourth-order valence-electron chi connectivity index (χ4n) is 4.09. The van der Waals surface area contributed by atoms with Gasteiger partial charge in [-0.05, 0) is 49.9 Å². The first-order valence-electron chi connectivity index (χ1n) is 11.2. The lowest BCUT2D eigenvalue weighted by Crippen LogP contribution is -2.15. The maximum absolute atomic E-state index is 12.4. The molecule has 0 aliphatic heterocycles. The van der Waals surface area contributed by atoms with Crippen molar-refractivity contribution in [3.05, 3.63) is 77.7 Å². The highest BCUT2D eigenvalue weighted by Gasteiger charge is 2.22. The van der Waals surface area contributed by atoms with Gasteiger partial charge in [0.15, 0.2) is 11.0 Å². The SMILES string of the molecule is COc1ccccc1NC(=O)Cc1noc(CSc2nc3c(n2-c2ccccc2)CCCC3)n1. The van der Waals surface area contributed by atoms with E-state index in [4.69, 9.17) is 14.2 Å². The number of amides is 1. The number of nitrogens with zero attached hydrogens (tertiary/aromatic N) is 4. The van der Waals surface area contributed by atoms with Gasteiger partial charge in [0.05, 0.1) is 30.7 Å². The van der Waals surface area contributed by atoms with Gasteiger partial charge in [-0.2, -0.15) is 4.98 Å². The number of ether oxygens (including phenoxy) is 1. The number of anilines is 1. The average Bonchev–Trinajstić information content (AvgIpc) is 3.47. The molecule has 4 aromatic rings. The molecule has 0 unspecified atom stereocenters. The lowest BCUT2D eigenvalue weighted by atomic mass is 10.0. The second-order valence-electron chi connectivity index (χ2n) is 7.98. The van der Waals surface area contributed by atoms with Gasteiger partial charge in [0.25, 0.3) is 0 Å². The fourth-order valence-corrected chi connectivity index (χ4v) is 4.98. The van der Waals surface area contributed by atoms with E-state index in [1.165, 1.54) is 24.2 Å². The Kier molecular flexibility index (Phi) is 6.62. The van der Waals surface area contributed by atoms with E-state index in [9.17, 15) is 4.79 Å². The molecule has 1 N–H and O–H groups in total. The molecular weight excluding hydrogens is 450 g/mol. The molecule has 2 aromatic heterocycles. The zero-order valence-electron chi connectivity index (χ0n) is 18.9. The van der Waals surface area contributed by atoms with E-state index in [2.05, 4.69) is 32.2 Å². The fraction of sp³-hybridized carbons (Fsp3) is 0.280. The third kappa shape index (κ3) is 4.84. The molecule has 0 radical (unpaired) electrons. The van der Waals surface area contributed by atoms with Crippen molar-refractivity contribution in [1.82, 2.24) is 19.7 Å². The van der Waals surface area contributed by atoms with Crippen molar-refractivity contribution >= 4 is 23.4 Å². The monoisotopic (exact) mass is 475 g/mol. The molecule has 2 heterocycles. The number of imidazole rings is 1. The number of hydrogen-bond acceptors (Lipinski definition) is 7. The van der Waals surface area contributed by atoms with E-state index in [1.807, 2.05) is 30.3 Å². The van der Waals surface area contributed by atoms with Crippen LogP contribution in [0.15, 0.2) is 64.3 Å². The number of rotatable bonds is 8. The van der Waals surface area contributed by atoms with Gasteiger partial charge in [0.1, 0.15) is 5.75 Å². The van der Waals surface area contributed by atoms with E-state index in [0.717, 1.165) is 23.7 Å². The predicted octanol–water partition coefficient (Wildman–Crippen LogP) is 4.62. The summed E-state index contributed by atoms with van der Waals surface area (Å²) in [7, 11) is 1.56. The molecule has 0 fully saturated rings. The highest BCUT2D eigenvalue weighted by Crippen LogP contribution is 2.32. The number of hydrogen-bond donors (Lipinski definition) is 1. The Bertz CT molecular complexity index is 1280. The quantitative estimate of drug-likeness (QED) is 0.372. The molecule has 2 aromatic carbocycles. The maximum Gasteiger partial charge on any atom is 0.237 e. The third-order valence-corrected chi connectivity index (χ3v) is 6.57. The molecule has 8 nitrogen and oxygen atoms in total. The van der Waals surface area contributed by atoms with Crippen LogP contribution in [-0.4, -0.2) is 32.7 Å². The zero-order valence-corrected chi connectivity index (χ0v) is 19.7. The van der Waals surface area contributed by atoms with Crippen LogP contribution in [-0.2, 0) is 29.8 Å². The predicted molar refractivity (Wildman–Crippen MR) is 129 cm³/mol. The number of fused-ring (bicyclic) bond motifs is 1. The van der Waals surface area contributed by atoms with Gasteiger partial charge in [-0.15, -0.1) is 0 Å². The van der Waals surface area contributed by atoms with Gasteiger partial charge < -0.3 is 14.6 Å². The first-order chi connectivity index (χ1) is 16.7. The van der Waals surface area contributed by atoms with Crippen molar-refractivity contribution in [3.63, 3.8) is 0 Å². The summed E-state index contributed by atoms with van der Waals surface area (Å²) in [6.45, 7) is 0. The smallest absolute Gasteiger partial charge is 0.237 e. The number of benzene rings is 2. The number of para-hydroxylation sites is 3. The summed E-state index contributed by atoms with van der Waals surface area (Å²) in [5.41, 5.74) is 4.18. The van der Waals surface area contributed by atoms with E-state index in [1.54, 1.807) is 31.0 Å². The number of aryl methyl sites for hydroxylation is 1. The normalized spacial score (nSPS) is 12.9. The standard InChI is InChI=1S/C25H25N5O3S/c1-32-21-14-8-6-12-19(21)26-23(31)15-22-28-24(33-29-22)16-34-25-27-18-11-5-7-13-20(18)30(25)17-9-3-2-4-10-17/h2-4,6,8-10,12,14H,5,7,11,13,15-16H2,1H3,(H,26,31). The van der Waals surface area contributed by atoms with Gasteiger partial charge in [0, 0.05) is 11.4 Å². The summed E-state index contributed by atoms with van der Waals surface area (Å²) in [6.07, 6.45) is 4.41. The second kappa shape index (κ2) is 10.1. The molecule has 0 saturated heterocycles. The molecule has 34 heavy (non-hydrogen) atoms. The Morgan fingerprint density at radius 1 is 1.09 bits per heavy atom. The Hall–Kier alpha value is -3.59. The third-order valence-electron chi connectivity index (χ3n) is 5.65. The van der Waals surface area contributed by atoms with Gasteiger partial charge in [-0.25, -0.2) is 4.98 Å². The van der Waals surface area contributed by atoms with Crippen molar-refractivity contribution in [2.24, 2.45) is 0 Å². The molecule has 9 heteroatoms. The first kappa shape index (κ1) is 22.2. The maximum atomic E-state index is 12.4. The molecule has 174 valence electrons. The Labute approximate surface area is 201 Å². The lowest BCUT2D eigenvalue weighted by Gasteiger charge is -2.15. The summed E-state index contributed by atoms with van der Waals surface area (Å²) in [6, 6.07) is 17.6. The highest BCUT2D eigenvalue weighted by atomic mass is 32.2. The van der Waals surface area contributed by atoms with Crippen LogP contribution >= 0.6 is 11.8 Å². The van der Waals surface area contributed by atoms with Crippen LogP contribution in [0, 0.1) is 0 Å². The minimum Gasteiger partial charge on any atom is -0.495 e. The molecular formula is C25H25N5O3S. The Morgan fingerprint density at radius 3 is 2.74 bits per heavy atom. The van der Waals surface area contributed by atoms with E-state index < -0.39 is 0 Å². The summed E-state index contributed by atoms with van der Waals surface area (Å²) in [4.78, 5) is 21.8. The lowest BCUT2D eigenvalue weighted by molar-refractivity contribution is -0.115. The largest absolute Gasteiger partial charge is 0.495 e. The number of methoxy groups -OCH3 is 1.